The molecular weight excluding hydrogens is 592 g/mol. The number of hydrogen-bond donors (Lipinski definition) is 0. The second-order valence-corrected chi connectivity index (χ2v) is 13.5. The van der Waals surface area contributed by atoms with Gasteiger partial charge < -0.3 is 0 Å². The first-order valence-electron chi connectivity index (χ1n) is 12.0. The fourth-order valence-corrected chi connectivity index (χ4v) is 8.19. The maximum Gasteiger partial charge on any atom is 0.280 e. The van der Waals surface area contributed by atoms with Gasteiger partial charge in [0.15, 0.2) is 0 Å². The fourth-order valence-electron chi connectivity index (χ4n) is 4.37. The van der Waals surface area contributed by atoms with Crippen molar-refractivity contribution in [2.75, 3.05) is 11.6 Å². The number of thiophene rings is 1. The molecule has 11 heteroatoms. The third-order valence-corrected chi connectivity index (χ3v) is 10.6. The number of anilines is 1. The van der Waals surface area contributed by atoms with Crippen molar-refractivity contribution in [2.24, 2.45) is 5.10 Å². The third-order valence-electron chi connectivity index (χ3n) is 6.31. The van der Waals surface area contributed by atoms with E-state index in [1.807, 2.05) is 42.6 Å². The average Bonchev–Trinajstić information content (AvgIpc) is 3.58. The quantitative estimate of drug-likeness (QED) is 0.170. The molecule has 4 aromatic rings. The number of carbonyl (C=O) groups is 1. The topological polar surface area (TPSA) is 82.9 Å². The van der Waals surface area contributed by atoms with Gasteiger partial charge in [0.2, 0.25) is 15.2 Å². The molecule has 0 spiro atoms. The van der Waals surface area contributed by atoms with Gasteiger partial charge in [0.05, 0.1) is 21.3 Å². The van der Waals surface area contributed by atoms with Gasteiger partial charge in [0.1, 0.15) is 0 Å². The minimum atomic E-state index is -3.63. The standard InChI is InChI=1S/C26H25BrN4O3S3/c1-2-20-6-3-4-14-30(20)37(33,34)22-11-8-18(9-12-22)25(32)31(28-17-21-7-5-15-35-21)26-29-23-13-10-19(27)16-24(23)36-26/h5,7-13,15-17,20H,2-4,6,14H2,1H3/b28-17+. The number of piperidine rings is 1. The molecule has 2 aromatic carbocycles. The summed E-state index contributed by atoms with van der Waals surface area (Å²) in [5.41, 5.74) is 1.09. The lowest BCUT2D eigenvalue weighted by Crippen LogP contribution is -2.43. The number of fused-ring (bicyclic) bond motifs is 1. The van der Waals surface area contributed by atoms with Crippen LogP contribution in [-0.4, -0.2) is 42.4 Å². The van der Waals surface area contributed by atoms with E-state index in [0.29, 0.717) is 17.2 Å². The predicted octanol–water partition coefficient (Wildman–Crippen LogP) is 6.75. The third kappa shape index (κ3) is 5.56. The summed E-state index contributed by atoms with van der Waals surface area (Å²) in [5.74, 6) is -0.390. The number of benzene rings is 2. The Kier molecular flexibility index (Phi) is 7.87. The zero-order valence-corrected chi connectivity index (χ0v) is 24.1. The number of halogens is 1. The molecule has 1 aliphatic heterocycles. The van der Waals surface area contributed by atoms with E-state index >= 15 is 0 Å². The molecule has 192 valence electrons. The van der Waals surface area contributed by atoms with Gasteiger partial charge in [-0.15, -0.1) is 11.3 Å². The summed E-state index contributed by atoms with van der Waals surface area (Å²) >= 11 is 6.35. The highest BCUT2D eigenvalue weighted by Gasteiger charge is 2.32. The Morgan fingerprint density at radius 1 is 1.22 bits per heavy atom. The van der Waals surface area contributed by atoms with Crippen LogP contribution in [0, 0.1) is 0 Å². The molecule has 1 atom stereocenters. The van der Waals surface area contributed by atoms with Crippen molar-refractivity contribution in [3.05, 3.63) is 74.9 Å². The van der Waals surface area contributed by atoms with Crippen LogP contribution < -0.4 is 5.01 Å². The number of hydrazone groups is 1. The van der Waals surface area contributed by atoms with E-state index in [1.165, 1.54) is 39.8 Å². The first kappa shape index (κ1) is 26.2. The molecule has 37 heavy (non-hydrogen) atoms. The van der Waals surface area contributed by atoms with Crippen LogP contribution in [0.5, 0.6) is 0 Å². The van der Waals surface area contributed by atoms with Crippen LogP contribution in [0.2, 0.25) is 0 Å². The van der Waals surface area contributed by atoms with Crippen molar-refractivity contribution in [2.45, 2.75) is 43.5 Å². The maximum atomic E-state index is 13.6. The molecule has 3 heterocycles. The monoisotopic (exact) mass is 616 g/mol. The van der Waals surface area contributed by atoms with E-state index < -0.39 is 10.0 Å². The number of rotatable bonds is 7. The van der Waals surface area contributed by atoms with E-state index in [2.05, 4.69) is 26.0 Å². The van der Waals surface area contributed by atoms with Gasteiger partial charge in [-0.3, -0.25) is 4.79 Å². The Morgan fingerprint density at radius 3 is 2.76 bits per heavy atom. The summed E-state index contributed by atoms with van der Waals surface area (Å²) in [4.78, 5) is 19.3. The van der Waals surface area contributed by atoms with Gasteiger partial charge in [0, 0.05) is 27.5 Å². The molecule has 0 bridgehead atoms. The van der Waals surface area contributed by atoms with Gasteiger partial charge in [-0.1, -0.05) is 46.7 Å². The number of sulfonamides is 1. The van der Waals surface area contributed by atoms with Crippen molar-refractivity contribution >= 4 is 76.1 Å². The summed E-state index contributed by atoms with van der Waals surface area (Å²) in [6.07, 6.45) is 5.20. The van der Waals surface area contributed by atoms with Crippen molar-refractivity contribution in [3.8, 4) is 0 Å². The van der Waals surface area contributed by atoms with E-state index in [-0.39, 0.29) is 16.8 Å². The first-order valence-corrected chi connectivity index (χ1v) is 15.9. The molecule has 0 saturated carbocycles. The van der Waals surface area contributed by atoms with Crippen LogP contribution in [0.15, 0.2) is 74.4 Å². The molecule has 1 aliphatic rings. The van der Waals surface area contributed by atoms with Gasteiger partial charge in [-0.05, 0) is 73.2 Å². The van der Waals surface area contributed by atoms with E-state index in [1.54, 1.807) is 22.7 Å². The fraction of sp³-hybridized carbons (Fsp3) is 0.269. The average molecular weight is 618 g/mol. The second kappa shape index (κ2) is 11.1. The van der Waals surface area contributed by atoms with Gasteiger partial charge in [-0.2, -0.15) is 14.4 Å². The normalized spacial score (nSPS) is 17.0. The number of amides is 1. The lowest BCUT2D eigenvalue weighted by Gasteiger charge is -2.34. The summed E-state index contributed by atoms with van der Waals surface area (Å²) in [5, 5.41) is 8.12. The molecular formula is C26H25BrN4O3S3. The van der Waals surface area contributed by atoms with Crippen LogP contribution in [-0.2, 0) is 10.0 Å². The Balaban J connectivity index is 1.46. The van der Waals surface area contributed by atoms with Crippen LogP contribution in [0.1, 0.15) is 47.8 Å². The highest BCUT2D eigenvalue weighted by molar-refractivity contribution is 9.10. The molecule has 1 amide bonds. The molecule has 1 unspecified atom stereocenters. The molecule has 0 N–H and O–H groups in total. The van der Waals surface area contributed by atoms with E-state index in [9.17, 15) is 13.2 Å². The molecule has 1 saturated heterocycles. The zero-order valence-electron chi connectivity index (χ0n) is 20.1. The van der Waals surface area contributed by atoms with Crippen molar-refractivity contribution < 1.29 is 13.2 Å². The highest BCUT2D eigenvalue weighted by atomic mass is 79.9. The Hall–Kier alpha value is -2.44. The van der Waals surface area contributed by atoms with E-state index in [4.69, 9.17) is 0 Å². The summed E-state index contributed by atoms with van der Waals surface area (Å²) in [7, 11) is -3.63. The summed E-state index contributed by atoms with van der Waals surface area (Å²) in [6.45, 7) is 2.55. The number of thiazole rings is 1. The molecule has 2 aromatic heterocycles. The Labute approximate surface area is 232 Å². The number of hydrogen-bond acceptors (Lipinski definition) is 7. The largest absolute Gasteiger partial charge is 0.280 e. The van der Waals surface area contributed by atoms with Crippen LogP contribution >= 0.6 is 38.6 Å². The SMILES string of the molecule is CCC1CCCCN1S(=O)(=O)c1ccc(C(=O)N(/N=C/c2cccs2)c2nc3ccc(Br)cc3s2)cc1. The van der Waals surface area contributed by atoms with Gasteiger partial charge >= 0.3 is 0 Å². The lowest BCUT2D eigenvalue weighted by atomic mass is 10.0. The van der Waals surface area contributed by atoms with Crippen molar-refractivity contribution in [3.63, 3.8) is 0 Å². The van der Waals surface area contributed by atoms with Crippen LogP contribution in [0.4, 0.5) is 5.13 Å². The van der Waals surface area contributed by atoms with Crippen LogP contribution in [0.3, 0.4) is 0 Å². The smallest absolute Gasteiger partial charge is 0.267 e. The number of aromatic nitrogens is 1. The minimum absolute atomic E-state index is 0.0150. The Bertz CT molecular complexity index is 1530. The number of carbonyl (C=O) groups excluding carboxylic acids is 1. The molecule has 0 aliphatic carbocycles. The predicted molar refractivity (Wildman–Crippen MR) is 154 cm³/mol. The molecule has 0 radical (unpaired) electrons. The second-order valence-electron chi connectivity index (χ2n) is 8.68. The minimum Gasteiger partial charge on any atom is -0.267 e. The molecule has 1 fully saturated rings. The van der Waals surface area contributed by atoms with Crippen LogP contribution in [0.25, 0.3) is 10.2 Å². The van der Waals surface area contributed by atoms with Crippen molar-refractivity contribution in [1.29, 1.82) is 0 Å². The Morgan fingerprint density at radius 2 is 2.03 bits per heavy atom. The van der Waals surface area contributed by atoms with Gasteiger partial charge in [-0.25, -0.2) is 13.4 Å². The van der Waals surface area contributed by atoms with Gasteiger partial charge in [0.25, 0.3) is 5.91 Å². The number of nitrogens with zero attached hydrogens (tertiary/aromatic N) is 4. The van der Waals surface area contributed by atoms with Crippen molar-refractivity contribution in [1.82, 2.24) is 9.29 Å². The van der Waals surface area contributed by atoms with E-state index in [0.717, 1.165) is 45.2 Å². The lowest BCUT2D eigenvalue weighted by molar-refractivity contribution is 0.0987. The molecule has 5 rings (SSSR count). The summed E-state index contributed by atoms with van der Waals surface area (Å²) < 4.78 is 30.2. The first-order chi connectivity index (χ1) is 17.9. The summed E-state index contributed by atoms with van der Waals surface area (Å²) in [6, 6.07) is 15.7. The highest BCUT2D eigenvalue weighted by Crippen LogP contribution is 2.32. The maximum absolute atomic E-state index is 13.6. The molecule has 7 nitrogen and oxygen atoms in total. The zero-order chi connectivity index (χ0) is 26.0.